The van der Waals surface area contributed by atoms with Crippen LogP contribution in [0.25, 0.3) is 0 Å². The number of hydrogen-bond acceptors (Lipinski definition) is 3. The topological polar surface area (TPSA) is 53.8 Å². The number of hydrogen-bond donors (Lipinski definition) is 0. The minimum atomic E-state index is 0.0639. The van der Waals surface area contributed by atoms with Gasteiger partial charge in [-0.2, -0.15) is 0 Å². The van der Waals surface area contributed by atoms with Gasteiger partial charge in [-0.15, -0.1) is 0 Å². The molecule has 4 heterocycles. The lowest BCUT2D eigenvalue weighted by molar-refractivity contribution is -0.144. The van der Waals surface area contributed by atoms with Gasteiger partial charge in [-0.1, -0.05) is 0 Å². The van der Waals surface area contributed by atoms with Gasteiger partial charge in [-0.05, 0) is 37.2 Å². The maximum Gasteiger partial charge on any atom is 0.257 e. The number of carbonyl (C=O) groups excluding carboxylic acids is 2. The average molecular weight is 288 g/mol. The maximum absolute atomic E-state index is 12.5. The highest BCUT2D eigenvalue weighted by molar-refractivity contribution is 5.94. The van der Waals surface area contributed by atoms with Crippen LogP contribution in [0.1, 0.15) is 36.0 Å². The molecule has 112 valence electrons. The molecule has 3 atom stereocenters. The first-order valence-electron chi connectivity index (χ1n) is 7.83. The van der Waals surface area contributed by atoms with E-state index in [1.54, 1.807) is 12.3 Å². The van der Waals surface area contributed by atoms with Crippen LogP contribution in [0.5, 0.6) is 0 Å². The molecule has 21 heavy (non-hydrogen) atoms. The van der Waals surface area contributed by atoms with Crippen LogP contribution in [-0.2, 0) is 4.79 Å². The van der Waals surface area contributed by atoms with Crippen LogP contribution in [0.2, 0.25) is 0 Å². The summed E-state index contributed by atoms with van der Waals surface area (Å²) in [6, 6.07) is 2.07. The number of nitrogens with zero attached hydrogens (tertiary/aromatic N) is 2. The second-order valence-electron chi connectivity index (χ2n) is 6.59. The number of likely N-dealkylation sites (tertiary alicyclic amines) is 1. The molecule has 5 heteroatoms. The van der Waals surface area contributed by atoms with Crippen molar-refractivity contribution in [1.82, 2.24) is 9.80 Å². The summed E-state index contributed by atoms with van der Waals surface area (Å²) in [6.07, 6.45) is 7.01. The molecule has 0 radical (unpaired) electrons. The monoisotopic (exact) mass is 288 g/mol. The van der Waals surface area contributed by atoms with Gasteiger partial charge in [0.25, 0.3) is 5.91 Å². The average Bonchev–Trinajstić information content (AvgIpc) is 3.02. The van der Waals surface area contributed by atoms with E-state index in [-0.39, 0.29) is 5.91 Å². The number of furan rings is 1. The van der Waals surface area contributed by atoms with Gasteiger partial charge in [-0.3, -0.25) is 9.59 Å². The number of fused-ring (bicyclic) bond motifs is 4. The van der Waals surface area contributed by atoms with E-state index in [0.29, 0.717) is 35.8 Å². The fourth-order valence-corrected chi connectivity index (χ4v) is 4.34. The molecule has 0 N–H and O–H groups in total. The van der Waals surface area contributed by atoms with Crippen LogP contribution < -0.4 is 0 Å². The van der Waals surface area contributed by atoms with Gasteiger partial charge >= 0.3 is 0 Å². The molecule has 3 saturated heterocycles. The van der Waals surface area contributed by atoms with E-state index in [1.807, 2.05) is 4.90 Å². The molecule has 3 aliphatic heterocycles. The Bertz CT molecular complexity index is 554. The smallest absolute Gasteiger partial charge is 0.257 e. The Balaban J connectivity index is 1.53. The zero-order valence-electron chi connectivity index (χ0n) is 12.0. The summed E-state index contributed by atoms with van der Waals surface area (Å²) in [5.74, 6) is 1.25. The molecule has 5 nitrogen and oxygen atoms in total. The normalized spacial score (nSPS) is 32.0. The van der Waals surface area contributed by atoms with Gasteiger partial charge in [0, 0.05) is 32.1 Å². The lowest BCUT2D eigenvalue weighted by Gasteiger charge is -2.52. The van der Waals surface area contributed by atoms with Crippen molar-refractivity contribution >= 4 is 11.8 Å². The third-order valence-corrected chi connectivity index (χ3v) is 5.24. The molecule has 0 spiro atoms. The van der Waals surface area contributed by atoms with Crippen molar-refractivity contribution < 1.29 is 14.0 Å². The fraction of sp³-hybridized carbons (Fsp3) is 0.625. The van der Waals surface area contributed by atoms with Crippen molar-refractivity contribution in [3.8, 4) is 0 Å². The first-order chi connectivity index (χ1) is 10.2. The van der Waals surface area contributed by atoms with Crippen LogP contribution in [-0.4, -0.2) is 47.3 Å². The number of piperidine rings is 3. The van der Waals surface area contributed by atoms with Crippen LogP contribution in [0, 0.1) is 11.8 Å². The van der Waals surface area contributed by atoms with Gasteiger partial charge in [0.2, 0.25) is 5.91 Å². The van der Waals surface area contributed by atoms with E-state index < -0.39 is 0 Å². The molecule has 0 aliphatic carbocycles. The Labute approximate surface area is 123 Å². The van der Waals surface area contributed by atoms with E-state index in [1.165, 1.54) is 6.26 Å². The predicted molar refractivity (Wildman–Crippen MR) is 75.6 cm³/mol. The Morgan fingerprint density at radius 2 is 2.19 bits per heavy atom. The SMILES string of the molecule is O=C(c1ccoc1)N1C[C@H]2C[C@H](C1)[C@H]1CCCC(=O)N1C2. The number of carbonyl (C=O) groups is 2. The molecule has 0 unspecified atom stereocenters. The molecule has 0 aromatic carbocycles. The highest BCUT2D eigenvalue weighted by atomic mass is 16.3. The highest BCUT2D eigenvalue weighted by Crippen LogP contribution is 2.38. The van der Waals surface area contributed by atoms with Crippen molar-refractivity contribution in [3.05, 3.63) is 24.2 Å². The summed E-state index contributed by atoms with van der Waals surface area (Å²) in [4.78, 5) is 28.7. The highest BCUT2D eigenvalue weighted by Gasteiger charge is 2.44. The first-order valence-corrected chi connectivity index (χ1v) is 7.83. The Hall–Kier alpha value is -1.78. The molecule has 0 saturated carbocycles. The van der Waals surface area contributed by atoms with Gasteiger partial charge < -0.3 is 14.2 Å². The minimum Gasteiger partial charge on any atom is -0.472 e. The third kappa shape index (κ3) is 2.15. The quantitative estimate of drug-likeness (QED) is 0.791. The van der Waals surface area contributed by atoms with Crippen LogP contribution in [0.3, 0.4) is 0 Å². The third-order valence-electron chi connectivity index (χ3n) is 5.24. The Morgan fingerprint density at radius 3 is 3.00 bits per heavy atom. The van der Waals surface area contributed by atoms with E-state index in [4.69, 9.17) is 4.42 Å². The van der Waals surface area contributed by atoms with E-state index in [0.717, 1.165) is 38.9 Å². The van der Waals surface area contributed by atoms with Gasteiger partial charge in [0.1, 0.15) is 6.26 Å². The molecule has 3 fully saturated rings. The largest absolute Gasteiger partial charge is 0.472 e. The molecule has 3 aliphatic rings. The summed E-state index contributed by atoms with van der Waals surface area (Å²) in [6.45, 7) is 2.36. The second-order valence-corrected chi connectivity index (χ2v) is 6.59. The van der Waals surface area contributed by atoms with Crippen LogP contribution in [0.15, 0.2) is 23.0 Å². The zero-order chi connectivity index (χ0) is 14.4. The summed E-state index contributed by atoms with van der Waals surface area (Å²) < 4.78 is 5.02. The van der Waals surface area contributed by atoms with Gasteiger partial charge in [-0.25, -0.2) is 0 Å². The molecule has 2 bridgehead atoms. The fourth-order valence-electron chi connectivity index (χ4n) is 4.34. The van der Waals surface area contributed by atoms with Gasteiger partial charge in [0.05, 0.1) is 11.8 Å². The second kappa shape index (κ2) is 4.90. The van der Waals surface area contributed by atoms with Gasteiger partial charge in [0.15, 0.2) is 0 Å². The van der Waals surface area contributed by atoms with Crippen molar-refractivity contribution in [3.63, 3.8) is 0 Å². The maximum atomic E-state index is 12.5. The van der Waals surface area contributed by atoms with Crippen molar-refractivity contribution in [1.29, 1.82) is 0 Å². The Morgan fingerprint density at radius 1 is 1.29 bits per heavy atom. The predicted octanol–water partition coefficient (Wildman–Crippen LogP) is 1.75. The zero-order valence-corrected chi connectivity index (χ0v) is 12.0. The van der Waals surface area contributed by atoms with Crippen LogP contribution in [0.4, 0.5) is 0 Å². The minimum absolute atomic E-state index is 0.0639. The number of rotatable bonds is 1. The molecule has 4 rings (SSSR count). The van der Waals surface area contributed by atoms with Crippen molar-refractivity contribution in [2.75, 3.05) is 19.6 Å². The van der Waals surface area contributed by atoms with Crippen molar-refractivity contribution in [2.45, 2.75) is 31.7 Å². The lowest BCUT2D eigenvalue weighted by atomic mass is 9.76. The summed E-state index contributed by atoms with van der Waals surface area (Å²) in [7, 11) is 0. The number of amides is 2. The molecule has 2 amide bonds. The summed E-state index contributed by atoms with van der Waals surface area (Å²) in [5.41, 5.74) is 0.631. The summed E-state index contributed by atoms with van der Waals surface area (Å²) >= 11 is 0. The van der Waals surface area contributed by atoms with Crippen molar-refractivity contribution in [2.24, 2.45) is 11.8 Å². The van der Waals surface area contributed by atoms with Crippen LogP contribution >= 0.6 is 0 Å². The van der Waals surface area contributed by atoms with E-state index >= 15 is 0 Å². The molecular weight excluding hydrogens is 268 g/mol. The Kier molecular flexibility index (Phi) is 3.01. The summed E-state index contributed by atoms with van der Waals surface area (Å²) in [5, 5.41) is 0. The van der Waals surface area contributed by atoms with E-state index in [2.05, 4.69) is 4.90 Å². The van der Waals surface area contributed by atoms with E-state index in [9.17, 15) is 9.59 Å². The molecule has 1 aromatic heterocycles. The standard InChI is InChI=1S/C16H20N2O3/c19-15-3-1-2-14-13-6-11(8-18(14)15)7-17(9-13)16(20)12-4-5-21-10-12/h4-5,10-11,13-14H,1-3,6-9H2/t11-,13-,14-/m1/s1. The first kappa shape index (κ1) is 12.9. The lowest BCUT2D eigenvalue weighted by Crippen LogP contribution is -2.61. The molecular formula is C16H20N2O3. The molecule has 1 aromatic rings.